The fraction of sp³-hybridized carbons (Fsp3) is 0.214. The van der Waals surface area contributed by atoms with Gasteiger partial charge in [0.15, 0.2) is 0 Å². The third-order valence-corrected chi connectivity index (χ3v) is 2.77. The van der Waals surface area contributed by atoms with Crippen LogP contribution >= 0.6 is 0 Å². The normalized spacial score (nSPS) is 12.1. The molecule has 19 heavy (non-hydrogen) atoms. The molecule has 1 atom stereocenters. The van der Waals surface area contributed by atoms with Gasteiger partial charge >= 0.3 is 5.97 Å². The van der Waals surface area contributed by atoms with Gasteiger partial charge in [0.05, 0.1) is 7.11 Å². The minimum Gasteiger partial charge on any atom is -0.496 e. The SMILES string of the molecule is COc1ccccc1CC(O)c1ccc(C(=O)O)o1. The summed E-state index contributed by atoms with van der Waals surface area (Å²) in [5.41, 5.74) is 0.825. The van der Waals surface area contributed by atoms with Crippen LogP contribution in [0.2, 0.25) is 0 Å². The highest BCUT2D eigenvalue weighted by atomic mass is 16.5. The summed E-state index contributed by atoms with van der Waals surface area (Å²) in [6.07, 6.45) is -0.624. The van der Waals surface area contributed by atoms with E-state index in [9.17, 15) is 9.90 Å². The molecular formula is C14H14O5. The van der Waals surface area contributed by atoms with E-state index in [0.29, 0.717) is 5.75 Å². The number of para-hydroxylation sites is 1. The van der Waals surface area contributed by atoms with E-state index in [1.807, 2.05) is 18.2 Å². The molecule has 0 saturated heterocycles. The molecule has 1 unspecified atom stereocenters. The van der Waals surface area contributed by atoms with Gasteiger partial charge in [0.2, 0.25) is 5.76 Å². The van der Waals surface area contributed by atoms with Crippen molar-refractivity contribution in [3.63, 3.8) is 0 Å². The van der Waals surface area contributed by atoms with E-state index in [2.05, 4.69) is 0 Å². The molecule has 1 heterocycles. The quantitative estimate of drug-likeness (QED) is 0.864. The van der Waals surface area contributed by atoms with Gasteiger partial charge in [-0.05, 0) is 23.8 Å². The second kappa shape index (κ2) is 5.58. The average molecular weight is 262 g/mol. The number of hydrogen-bond acceptors (Lipinski definition) is 4. The van der Waals surface area contributed by atoms with Gasteiger partial charge in [0.25, 0.3) is 0 Å². The second-order valence-corrected chi connectivity index (χ2v) is 4.04. The highest BCUT2D eigenvalue weighted by molar-refractivity contribution is 5.84. The number of rotatable bonds is 5. The number of aliphatic hydroxyl groups excluding tert-OH is 1. The van der Waals surface area contributed by atoms with Crippen LogP contribution in [0.5, 0.6) is 5.75 Å². The van der Waals surface area contributed by atoms with Crippen molar-refractivity contribution in [3.05, 3.63) is 53.5 Å². The number of carbonyl (C=O) groups is 1. The van der Waals surface area contributed by atoms with E-state index in [4.69, 9.17) is 14.3 Å². The molecule has 0 fully saturated rings. The number of carboxylic acids is 1. The van der Waals surface area contributed by atoms with Gasteiger partial charge in [-0.1, -0.05) is 18.2 Å². The van der Waals surface area contributed by atoms with Gasteiger partial charge in [0, 0.05) is 6.42 Å². The van der Waals surface area contributed by atoms with Crippen molar-refractivity contribution < 1.29 is 24.2 Å². The van der Waals surface area contributed by atoms with Crippen LogP contribution in [0.25, 0.3) is 0 Å². The maximum absolute atomic E-state index is 10.7. The number of furan rings is 1. The predicted molar refractivity (Wildman–Crippen MR) is 67.3 cm³/mol. The highest BCUT2D eigenvalue weighted by Gasteiger charge is 2.17. The Morgan fingerprint density at radius 2 is 2.05 bits per heavy atom. The fourth-order valence-electron chi connectivity index (χ4n) is 1.83. The fourth-order valence-corrected chi connectivity index (χ4v) is 1.83. The van der Waals surface area contributed by atoms with Crippen molar-refractivity contribution in [2.45, 2.75) is 12.5 Å². The van der Waals surface area contributed by atoms with Crippen molar-refractivity contribution in [1.29, 1.82) is 0 Å². The molecule has 100 valence electrons. The van der Waals surface area contributed by atoms with Crippen LogP contribution in [0.15, 0.2) is 40.8 Å². The van der Waals surface area contributed by atoms with Crippen molar-refractivity contribution >= 4 is 5.97 Å². The van der Waals surface area contributed by atoms with Gasteiger partial charge in [-0.15, -0.1) is 0 Å². The predicted octanol–water partition coefficient (Wildman–Crippen LogP) is 2.26. The Kier molecular flexibility index (Phi) is 3.87. The van der Waals surface area contributed by atoms with Crippen molar-refractivity contribution in [1.82, 2.24) is 0 Å². The van der Waals surface area contributed by atoms with E-state index in [-0.39, 0.29) is 17.9 Å². The lowest BCUT2D eigenvalue weighted by Gasteiger charge is -2.11. The lowest BCUT2D eigenvalue weighted by Crippen LogP contribution is -2.02. The molecule has 5 nitrogen and oxygen atoms in total. The zero-order valence-corrected chi connectivity index (χ0v) is 10.4. The number of carboxylic acid groups (broad SMARTS) is 1. The topological polar surface area (TPSA) is 79.9 Å². The Bertz CT molecular complexity index is 573. The molecule has 0 spiro atoms. The summed E-state index contributed by atoms with van der Waals surface area (Å²) in [4.78, 5) is 10.7. The molecule has 0 aliphatic carbocycles. The summed E-state index contributed by atoms with van der Waals surface area (Å²) in [5.74, 6) is -0.445. The third-order valence-electron chi connectivity index (χ3n) is 2.77. The molecule has 0 bridgehead atoms. The Morgan fingerprint density at radius 3 is 2.68 bits per heavy atom. The van der Waals surface area contributed by atoms with Crippen molar-refractivity contribution in [2.24, 2.45) is 0 Å². The van der Waals surface area contributed by atoms with Gasteiger partial charge in [-0.25, -0.2) is 4.79 Å². The molecule has 0 aliphatic heterocycles. The molecule has 0 radical (unpaired) electrons. The summed E-state index contributed by atoms with van der Waals surface area (Å²) in [6, 6.07) is 10.1. The summed E-state index contributed by atoms with van der Waals surface area (Å²) in [5, 5.41) is 18.8. The smallest absolute Gasteiger partial charge is 0.371 e. The maximum atomic E-state index is 10.7. The molecule has 0 saturated carbocycles. The number of methoxy groups -OCH3 is 1. The van der Waals surface area contributed by atoms with Gasteiger partial charge < -0.3 is 19.4 Å². The monoisotopic (exact) mass is 262 g/mol. The van der Waals surface area contributed by atoms with Crippen LogP contribution in [0.4, 0.5) is 0 Å². The molecule has 2 aromatic rings. The maximum Gasteiger partial charge on any atom is 0.371 e. The molecular weight excluding hydrogens is 248 g/mol. The minimum atomic E-state index is -1.16. The van der Waals surface area contributed by atoms with Gasteiger partial charge in [-0.2, -0.15) is 0 Å². The van der Waals surface area contributed by atoms with Crippen molar-refractivity contribution in [3.8, 4) is 5.75 Å². The Hall–Kier alpha value is -2.27. The third kappa shape index (κ3) is 2.95. The van der Waals surface area contributed by atoms with Crippen LogP contribution in [0.1, 0.15) is 28.0 Å². The van der Waals surface area contributed by atoms with E-state index < -0.39 is 12.1 Å². The number of benzene rings is 1. The highest BCUT2D eigenvalue weighted by Crippen LogP contribution is 2.25. The summed E-state index contributed by atoms with van der Waals surface area (Å²) >= 11 is 0. The molecule has 1 aromatic carbocycles. The summed E-state index contributed by atoms with van der Waals surface area (Å²) in [7, 11) is 1.56. The van der Waals surface area contributed by atoms with E-state index in [1.54, 1.807) is 13.2 Å². The minimum absolute atomic E-state index is 0.186. The molecule has 0 aliphatic rings. The van der Waals surface area contributed by atoms with E-state index in [1.165, 1.54) is 12.1 Å². The largest absolute Gasteiger partial charge is 0.496 e. The van der Waals surface area contributed by atoms with Crippen LogP contribution in [0, 0.1) is 0 Å². The Labute approximate surface area is 110 Å². The zero-order valence-electron chi connectivity index (χ0n) is 10.4. The second-order valence-electron chi connectivity index (χ2n) is 4.04. The van der Waals surface area contributed by atoms with E-state index in [0.717, 1.165) is 5.56 Å². The Balaban J connectivity index is 2.15. The first kappa shape index (κ1) is 13.2. The first-order valence-electron chi connectivity index (χ1n) is 5.75. The van der Waals surface area contributed by atoms with Crippen LogP contribution in [-0.4, -0.2) is 23.3 Å². The van der Waals surface area contributed by atoms with Crippen LogP contribution < -0.4 is 4.74 Å². The number of aliphatic hydroxyl groups is 1. The van der Waals surface area contributed by atoms with Gasteiger partial charge in [-0.3, -0.25) is 0 Å². The molecule has 0 amide bonds. The van der Waals surface area contributed by atoms with Gasteiger partial charge in [0.1, 0.15) is 17.6 Å². The summed E-state index contributed by atoms with van der Waals surface area (Å²) < 4.78 is 10.3. The first-order chi connectivity index (χ1) is 9.11. The average Bonchev–Trinajstić information content (AvgIpc) is 2.89. The lowest BCUT2D eigenvalue weighted by atomic mass is 10.1. The molecule has 5 heteroatoms. The molecule has 2 rings (SSSR count). The molecule has 1 aromatic heterocycles. The van der Waals surface area contributed by atoms with Crippen molar-refractivity contribution in [2.75, 3.05) is 7.11 Å². The lowest BCUT2D eigenvalue weighted by molar-refractivity contribution is 0.0651. The number of aromatic carboxylic acids is 1. The summed E-state index contributed by atoms with van der Waals surface area (Å²) in [6.45, 7) is 0. The van der Waals surface area contributed by atoms with Crippen LogP contribution in [-0.2, 0) is 6.42 Å². The zero-order chi connectivity index (χ0) is 13.8. The number of ether oxygens (including phenoxy) is 1. The molecule has 2 N–H and O–H groups in total. The van der Waals surface area contributed by atoms with E-state index >= 15 is 0 Å². The number of hydrogen-bond donors (Lipinski definition) is 2. The Morgan fingerprint density at radius 1 is 1.32 bits per heavy atom. The first-order valence-corrected chi connectivity index (χ1v) is 5.75. The standard InChI is InChI=1S/C14H14O5/c1-18-11-5-3-2-4-9(11)8-10(15)12-6-7-13(19-12)14(16)17/h2-7,10,15H,8H2,1H3,(H,16,17). The van der Waals surface area contributed by atoms with Crippen LogP contribution in [0.3, 0.4) is 0 Å².